The number of hydrogen-bond donors (Lipinski definition) is 1. The summed E-state index contributed by atoms with van der Waals surface area (Å²) in [7, 11) is 3.74. The van der Waals surface area contributed by atoms with Gasteiger partial charge < -0.3 is 14.8 Å². The van der Waals surface area contributed by atoms with E-state index < -0.39 is 0 Å². The highest BCUT2D eigenvalue weighted by atomic mass is 16.5. The Bertz CT molecular complexity index is 1320. The van der Waals surface area contributed by atoms with Crippen molar-refractivity contribution in [3.8, 4) is 17.0 Å². The minimum absolute atomic E-state index is 0.0263. The lowest BCUT2D eigenvalue weighted by Crippen LogP contribution is -2.31. The smallest absolute Gasteiger partial charge is 0.329 e. The van der Waals surface area contributed by atoms with Crippen LogP contribution in [0.1, 0.15) is 25.3 Å². The van der Waals surface area contributed by atoms with Crippen molar-refractivity contribution in [2.75, 3.05) is 33.4 Å². The van der Waals surface area contributed by atoms with Gasteiger partial charge in [-0.05, 0) is 56.6 Å². The number of rotatable bonds is 7. The van der Waals surface area contributed by atoms with Crippen molar-refractivity contribution in [1.82, 2.24) is 24.4 Å². The highest BCUT2D eigenvalue weighted by Gasteiger charge is 2.23. The molecule has 1 N–H and O–H groups in total. The normalized spacial score (nSPS) is 16.5. The van der Waals surface area contributed by atoms with Gasteiger partial charge in [-0.1, -0.05) is 6.07 Å². The monoisotopic (exact) mass is 447 g/mol. The topological polar surface area (TPSA) is 83.2 Å². The second-order valence-electron chi connectivity index (χ2n) is 8.50. The molecule has 1 fully saturated rings. The molecule has 1 aliphatic heterocycles. The van der Waals surface area contributed by atoms with E-state index in [4.69, 9.17) is 9.47 Å². The number of aryl methyl sites for hydroxylation is 1. The first-order chi connectivity index (χ1) is 16.2. The van der Waals surface area contributed by atoms with Crippen molar-refractivity contribution in [2.45, 2.75) is 25.3 Å². The van der Waals surface area contributed by atoms with Gasteiger partial charge >= 0.3 is 5.69 Å². The Labute approximate surface area is 192 Å². The molecule has 1 aromatic carbocycles. The molecule has 0 aliphatic carbocycles. The van der Waals surface area contributed by atoms with E-state index in [1.165, 1.54) is 0 Å². The SMILES string of the molecule is CNCCCOc1ccc(-c2ccc3ncc4c(c3c2)n(C2CCCOC2)c(=O)n4C)cn1. The maximum absolute atomic E-state index is 13.2. The minimum Gasteiger partial charge on any atom is -0.478 e. The molecular weight excluding hydrogens is 418 g/mol. The molecule has 4 aromatic rings. The Kier molecular flexibility index (Phi) is 6.11. The summed E-state index contributed by atoms with van der Waals surface area (Å²) >= 11 is 0. The third-order valence-corrected chi connectivity index (χ3v) is 6.31. The van der Waals surface area contributed by atoms with Gasteiger partial charge in [-0.15, -0.1) is 0 Å². The molecule has 3 aromatic heterocycles. The molecule has 1 atom stereocenters. The summed E-state index contributed by atoms with van der Waals surface area (Å²) in [4.78, 5) is 22.3. The lowest BCUT2D eigenvalue weighted by Gasteiger charge is -2.23. The first-order valence-electron chi connectivity index (χ1n) is 11.5. The van der Waals surface area contributed by atoms with Gasteiger partial charge in [0.05, 0.1) is 42.0 Å². The molecule has 4 heterocycles. The lowest BCUT2D eigenvalue weighted by atomic mass is 10.0. The number of nitrogens with one attached hydrogen (secondary N) is 1. The van der Waals surface area contributed by atoms with Crippen molar-refractivity contribution in [1.29, 1.82) is 0 Å². The van der Waals surface area contributed by atoms with Crippen LogP contribution in [-0.4, -0.2) is 52.5 Å². The van der Waals surface area contributed by atoms with Crippen LogP contribution in [-0.2, 0) is 11.8 Å². The zero-order valence-corrected chi connectivity index (χ0v) is 19.1. The summed E-state index contributed by atoms with van der Waals surface area (Å²) in [6.45, 7) is 2.85. The van der Waals surface area contributed by atoms with E-state index >= 15 is 0 Å². The van der Waals surface area contributed by atoms with E-state index in [2.05, 4.69) is 21.4 Å². The van der Waals surface area contributed by atoms with Gasteiger partial charge in [-0.2, -0.15) is 0 Å². The first-order valence-corrected chi connectivity index (χ1v) is 11.5. The van der Waals surface area contributed by atoms with Crippen LogP contribution < -0.4 is 15.7 Å². The number of aromatic nitrogens is 4. The third-order valence-electron chi connectivity index (χ3n) is 6.31. The Morgan fingerprint density at radius 1 is 1.18 bits per heavy atom. The largest absolute Gasteiger partial charge is 0.478 e. The average Bonchev–Trinajstić information content (AvgIpc) is 3.13. The summed E-state index contributed by atoms with van der Waals surface area (Å²) in [5, 5.41) is 4.07. The van der Waals surface area contributed by atoms with Crippen molar-refractivity contribution < 1.29 is 9.47 Å². The highest BCUT2D eigenvalue weighted by molar-refractivity contribution is 6.04. The van der Waals surface area contributed by atoms with Crippen molar-refractivity contribution in [3.05, 3.63) is 53.2 Å². The summed E-state index contributed by atoms with van der Waals surface area (Å²) in [5.74, 6) is 0.619. The minimum atomic E-state index is -0.0263. The van der Waals surface area contributed by atoms with E-state index in [9.17, 15) is 4.79 Å². The molecule has 0 spiro atoms. The second-order valence-corrected chi connectivity index (χ2v) is 8.50. The predicted molar refractivity (Wildman–Crippen MR) is 129 cm³/mol. The molecule has 8 heteroatoms. The van der Waals surface area contributed by atoms with Crippen molar-refractivity contribution in [2.24, 2.45) is 7.05 Å². The van der Waals surface area contributed by atoms with E-state index in [1.54, 1.807) is 17.8 Å². The van der Waals surface area contributed by atoms with Crippen LogP contribution in [0.2, 0.25) is 0 Å². The van der Waals surface area contributed by atoms with E-state index in [1.807, 2.05) is 42.1 Å². The van der Waals surface area contributed by atoms with Crippen LogP contribution in [0.25, 0.3) is 33.1 Å². The van der Waals surface area contributed by atoms with Gasteiger partial charge in [0.25, 0.3) is 0 Å². The molecule has 1 saturated heterocycles. The fourth-order valence-corrected chi connectivity index (χ4v) is 4.53. The quantitative estimate of drug-likeness (QED) is 0.438. The molecule has 8 nitrogen and oxygen atoms in total. The Balaban J connectivity index is 1.55. The molecule has 0 radical (unpaired) electrons. The third kappa shape index (κ3) is 4.12. The number of benzene rings is 1. The van der Waals surface area contributed by atoms with Crippen LogP contribution in [0.15, 0.2) is 47.5 Å². The van der Waals surface area contributed by atoms with Gasteiger partial charge in [-0.25, -0.2) is 9.78 Å². The Morgan fingerprint density at radius 3 is 2.82 bits per heavy atom. The molecule has 1 aliphatic rings. The number of pyridine rings is 2. The van der Waals surface area contributed by atoms with E-state index in [0.29, 0.717) is 19.1 Å². The number of nitrogens with zero attached hydrogens (tertiary/aromatic N) is 4. The molecule has 0 saturated carbocycles. The fraction of sp³-hybridized carbons (Fsp3) is 0.400. The van der Waals surface area contributed by atoms with Gasteiger partial charge in [0.2, 0.25) is 5.88 Å². The van der Waals surface area contributed by atoms with Gasteiger partial charge in [0.1, 0.15) is 0 Å². The van der Waals surface area contributed by atoms with Gasteiger partial charge in [-0.3, -0.25) is 14.1 Å². The van der Waals surface area contributed by atoms with E-state index in [-0.39, 0.29) is 11.7 Å². The molecule has 33 heavy (non-hydrogen) atoms. The number of imidazole rings is 1. The summed E-state index contributed by atoms with van der Waals surface area (Å²) in [5.41, 5.74) is 4.60. The highest BCUT2D eigenvalue weighted by Crippen LogP contribution is 2.31. The maximum atomic E-state index is 13.2. The van der Waals surface area contributed by atoms with Gasteiger partial charge in [0, 0.05) is 36.9 Å². The van der Waals surface area contributed by atoms with Crippen LogP contribution >= 0.6 is 0 Å². The summed E-state index contributed by atoms with van der Waals surface area (Å²) in [6.07, 6.45) is 6.44. The zero-order valence-electron chi connectivity index (χ0n) is 19.1. The molecular formula is C25H29N5O3. The lowest BCUT2D eigenvalue weighted by molar-refractivity contribution is 0.0593. The molecule has 0 amide bonds. The summed E-state index contributed by atoms with van der Waals surface area (Å²) in [6, 6.07) is 10.1. The van der Waals surface area contributed by atoms with Crippen LogP contribution in [0, 0.1) is 0 Å². The fourth-order valence-electron chi connectivity index (χ4n) is 4.53. The zero-order chi connectivity index (χ0) is 22.8. The molecule has 1 unspecified atom stereocenters. The second kappa shape index (κ2) is 9.33. The van der Waals surface area contributed by atoms with Crippen LogP contribution in [0.5, 0.6) is 5.88 Å². The number of fused-ring (bicyclic) bond motifs is 3. The maximum Gasteiger partial charge on any atom is 0.329 e. The Hall–Kier alpha value is -3.23. The van der Waals surface area contributed by atoms with Crippen LogP contribution in [0.3, 0.4) is 0 Å². The molecule has 0 bridgehead atoms. The van der Waals surface area contributed by atoms with Crippen molar-refractivity contribution in [3.63, 3.8) is 0 Å². The van der Waals surface area contributed by atoms with Crippen LogP contribution in [0.4, 0.5) is 0 Å². The van der Waals surface area contributed by atoms with Crippen molar-refractivity contribution >= 4 is 21.9 Å². The average molecular weight is 448 g/mol. The molecule has 172 valence electrons. The number of ether oxygens (including phenoxy) is 2. The predicted octanol–water partition coefficient (Wildman–Crippen LogP) is 3.29. The number of hydrogen-bond acceptors (Lipinski definition) is 6. The first kappa shape index (κ1) is 21.6. The van der Waals surface area contributed by atoms with E-state index in [0.717, 1.165) is 65.5 Å². The Morgan fingerprint density at radius 2 is 2.06 bits per heavy atom. The summed E-state index contributed by atoms with van der Waals surface area (Å²) < 4.78 is 15.0. The molecule has 5 rings (SSSR count). The van der Waals surface area contributed by atoms with Gasteiger partial charge in [0.15, 0.2) is 0 Å². The standard InChI is InChI=1S/C25H29N5O3/c1-26-10-4-12-33-23-9-7-18(14-28-23)17-6-8-21-20(13-17)24-22(15-27-21)29(2)25(31)30(24)19-5-3-11-32-16-19/h6-9,13-15,19,26H,3-5,10-12,16H2,1-2H3.